The number of likely N-dealkylation sites (tertiary alicyclic amines) is 1. The molecule has 3 heterocycles. The van der Waals surface area contributed by atoms with Gasteiger partial charge in [0.25, 0.3) is 5.91 Å². The second-order valence-corrected chi connectivity index (χ2v) is 7.28. The maximum Gasteiger partial charge on any atom is 0.272 e. The van der Waals surface area contributed by atoms with E-state index >= 15 is 0 Å². The molecule has 0 aliphatic carbocycles. The number of hydrogen-bond donors (Lipinski definition) is 0. The summed E-state index contributed by atoms with van der Waals surface area (Å²) in [5.74, 6) is 0.967. The van der Waals surface area contributed by atoms with Crippen LogP contribution in [0.3, 0.4) is 0 Å². The number of aromatic nitrogens is 2. The van der Waals surface area contributed by atoms with Crippen LogP contribution in [0.5, 0.6) is 5.75 Å². The molecular formula is C20H23N3O3. The Balaban J connectivity index is 1.50. The largest absolute Gasteiger partial charge is 0.489 e. The van der Waals surface area contributed by atoms with E-state index in [1.807, 2.05) is 30.0 Å². The second-order valence-electron chi connectivity index (χ2n) is 7.28. The minimum atomic E-state index is -0.167. The number of amides is 1. The molecule has 1 aromatic carbocycles. The van der Waals surface area contributed by atoms with E-state index in [2.05, 4.69) is 5.10 Å². The van der Waals surface area contributed by atoms with E-state index in [-0.39, 0.29) is 23.7 Å². The fraction of sp³-hybridized carbons (Fsp3) is 0.450. The monoisotopic (exact) mass is 353 g/mol. The smallest absolute Gasteiger partial charge is 0.272 e. The number of benzene rings is 1. The molecule has 136 valence electrons. The minimum absolute atomic E-state index is 0.00661. The first-order chi connectivity index (χ1) is 12.5. The molecule has 26 heavy (non-hydrogen) atoms. The minimum Gasteiger partial charge on any atom is -0.489 e. The van der Waals surface area contributed by atoms with Gasteiger partial charge >= 0.3 is 0 Å². The molecule has 2 atom stereocenters. The molecule has 0 spiro atoms. The average Bonchev–Trinajstić information content (AvgIpc) is 3.07. The molecule has 0 saturated carbocycles. The van der Waals surface area contributed by atoms with Crippen molar-refractivity contribution < 1.29 is 14.3 Å². The number of hydrogen-bond acceptors (Lipinski definition) is 4. The van der Waals surface area contributed by atoms with Gasteiger partial charge < -0.3 is 9.64 Å². The summed E-state index contributed by atoms with van der Waals surface area (Å²) < 4.78 is 7.77. The first-order valence-corrected chi connectivity index (χ1v) is 9.10. The maximum absolute atomic E-state index is 12.8. The highest BCUT2D eigenvalue weighted by Crippen LogP contribution is 2.34. The van der Waals surface area contributed by atoms with Crippen LogP contribution in [-0.2, 0) is 7.05 Å². The second kappa shape index (κ2) is 6.59. The third kappa shape index (κ3) is 3.00. The standard InChI is InChI=1S/C20H23N3O3/c1-13-5-6-18-15(10-13)17(24)11-19(26-18)14-4-3-9-23(12-14)20(25)16-7-8-21-22(16)2/h5-8,10,14,19H,3-4,9,11-12H2,1-2H3/t14-,19+/m1/s1. The van der Waals surface area contributed by atoms with E-state index in [0.717, 1.165) is 24.9 Å². The third-order valence-corrected chi connectivity index (χ3v) is 5.41. The number of Topliss-reactive ketones (excluding diaryl/α,β-unsaturated/α-hetero) is 1. The molecule has 0 N–H and O–H groups in total. The van der Waals surface area contributed by atoms with Crippen LogP contribution in [0.4, 0.5) is 0 Å². The predicted octanol–water partition coefficient (Wildman–Crippen LogP) is 2.61. The first-order valence-electron chi connectivity index (χ1n) is 9.10. The maximum atomic E-state index is 12.8. The van der Waals surface area contributed by atoms with Gasteiger partial charge in [-0.15, -0.1) is 0 Å². The lowest BCUT2D eigenvalue weighted by Crippen LogP contribution is -2.46. The summed E-state index contributed by atoms with van der Waals surface area (Å²) >= 11 is 0. The molecule has 4 rings (SSSR count). The van der Waals surface area contributed by atoms with Gasteiger partial charge in [-0.2, -0.15) is 5.10 Å². The van der Waals surface area contributed by atoms with Crippen LogP contribution < -0.4 is 4.74 Å². The summed E-state index contributed by atoms with van der Waals surface area (Å²) in [7, 11) is 1.77. The summed E-state index contributed by atoms with van der Waals surface area (Å²) in [4.78, 5) is 27.2. The zero-order valence-electron chi connectivity index (χ0n) is 15.1. The highest BCUT2D eigenvalue weighted by atomic mass is 16.5. The van der Waals surface area contributed by atoms with Crippen LogP contribution in [-0.4, -0.2) is 45.6 Å². The first kappa shape index (κ1) is 16.8. The van der Waals surface area contributed by atoms with Gasteiger partial charge in [0, 0.05) is 38.7 Å². The zero-order valence-corrected chi connectivity index (χ0v) is 15.1. The third-order valence-electron chi connectivity index (χ3n) is 5.41. The van der Waals surface area contributed by atoms with Crippen molar-refractivity contribution in [3.8, 4) is 5.75 Å². The normalized spacial score (nSPS) is 22.7. The number of ketones is 1. The molecule has 1 saturated heterocycles. The number of fused-ring (bicyclic) bond motifs is 1. The van der Waals surface area contributed by atoms with E-state index in [9.17, 15) is 9.59 Å². The number of nitrogens with zero attached hydrogens (tertiary/aromatic N) is 3. The van der Waals surface area contributed by atoms with Crippen molar-refractivity contribution in [2.75, 3.05) is 13.1 Å². The van der Waals surface area contributed by atoms with E-state index in [1.54, 1.807) is 24.0 Å². The van der Waals surface area contributed by atoms with Crippen LogP contribution in [0.15, 0.2) is 30.5 Å². The van der Waals surface area contributed by atoms with Gasteiger partial charge in [-0.05, 0) is 38.0 Å². The Hall–Kier alpha value is -2.63. The number of rotatable bonds is 2. The van der Waals surface area contributed by atoms with Gasteiger partial charge in [0.15, 0.2) is 5.78 Å². The van der Waals surface area contributed by atoms with Crippen molar-refractivity contribution in [3.63, 3.8) is 0 Å². The molecule has 1 aromatic heterocycles. The Morgan fingerprint density at radius 2 is 2.15 bits per heavy atom. The van der Waals surface area contributed by atoms with Gasteiger partial charge in [-0.1, -0.05) is 11.6 Å². The number of ether oxygens (including phenoxy) is 1. The molecule has 2 aliphatic rings. The number of carbonyl (C=O) groups excluding carboxylic acids is 2. The molecule has 0 unspecified atom stereocenters. The van der Waals surface area contributed by atoms with Crippen LogP contribution in [0.2, 0.25) is 0 Å². The highest BCUT2D eigenvalue weighted by Gasteiger charge is 2.36. The fourth-order valence-corrected chi connectivity index (χ4v) is 3.97. The van der Waals surface area contributed by atoms with Crippen molar-refractivity contribution in [1.82, 2.24) is 14.7 Å². The molecule has 1 amide bonds. The molecule has 6 heteroatoms. The van der Waals surface area contributed by atoms with Gasteiger partial charge in [-0.3, -0.25) is 14.3 Å². The Morgan fingerprint density at radius 3 is 2.92 bits per heavy atom. The van der Waals surface area contributed by atoms with Crippen molar-refractivity contribution >= 4 is 11.7 Å². The van der Waals surface area contributed by atoms with E-state index in [0.29, 0.717) is 30.0 Å². The van der Waals surface area contributed by atoms with Crippen molar-refractivity contribution in [3.05, 3.63) is 47.3 Å². The molecule has 1 fully saturated rings. The number of piperidine rings is 1. The summed E-state index contributed by atoms with van der Waals surface area (Å²) in [6, 6.07) is 7.49. The van der Waals surface area contributed by atoms with Crippen LogP contribution in [0, 0.1) is 12.8 Å². The Labute approximate surface area is 152 Å². The van der Waals surface area contributed by atoms with Gasteiger partial charge in [-0.25, -0.2) is 0 Å². The van der Waals surface area contributed by atoms with E-state index in [4.69, 9.17) is 4.74 Å². The SMILES string of the molecule is Cc1ccc2c(c1)C(=O)C[C@@H]([C@@H]1CCCN(C(=O)c3ccnn3C)C1)O2. The molecule has 2 aromatic rings. The Kier molecular flexibility index (Phi) is 4.26. The van der Waals surface area contributed by atoms with E-state index < -0.39 is 0 Å². The quantitative estimate of drug-likeness (QED) is 0.832. The molecule has 6 nitrogen and oxygen atoms in total. The Bertz CT molecular complexity index is 858. The Morgan fingerprint density at radius 1 is 1.31 bits per heavy atom. The van der Waals surface area contributed by atoms with Crippen molar-refractivity contribution in [2.45, 2.75) is 32.3 Å². The average molecular weight is 353 g/mol. The summed E-state index contributed by atoms with van der Waals surface area (Å²) in [6.07, 6.45) is 3.74. The van der Waals surface area contributed by atoms with Crippen LogP contribution in [0.1, 0.15) is 45.7 Å². The summed E-state index contributed by atoms with van der Waals surface area (Å²) in [6.45, 7) is 3.32. The van der Waals surface area contributed by atoms with Crippen LogP contribution in [0.25, 0.3) is 0 Å². The topological polar surface area (TPSA) is 64.4 Å². The zero-order chi connectivity index (χ0) is 18.3. The van der Waals surface area contributed by atoms with Crippen LogP contribution >= 0.6 is 0 Å². The van der Waals surface area contributed by atoms with Crippen molar-refractivity contribution in [2.24, 2.45) is 13.0 Å². The number of carbonyl (C=O) groups is 2. The molecule has 2 aliphatic heterocycles. The number of aryl methyl sites for hydroxylation is 2. The predicted molar refractivity (Wildman–Crippen MR) is 96.4 cm³/mol. The van der Waals surface area contributed by atoms with E-state index in [1.165, 1.54) is 0 Å². The summed E-state index contributed by atoms with van der Waals surface area (Å²) in [5.41, 5.74) is 2.33. The van der Waals surface area contributed by atoms with Gasteiger partial charge in [0.1, 0.15) is 17.5 Å². The summed E-state index contributed by atoms with van der Waals surface area (Å²) in [5, 5.41) is 4.08. The molecule has 0 radical (unpaired) electrons. The lowest BCUT2D eigenvalue weighted by atomic mass is 9.86. The fourth-order valence-electron chi connectivity index (χ4n) is 3.97. The molecule has 0 bridgehead atoms. The highest BCUT2D eigenvalue weighted by molar-refractivity contribution is 6.00. The lowest BCUT2D eigenvalue weighted by Gasteiger charge is -2.38. The van der Waals surface area contributed by atoms with Crippen molar-refractivity contribution in [1.29, 1.82) is 0 Å². The van der Waals surface area contributed by atoms with Gasteiger partial charge in [0.05, 0.1) is 5.56 Å². The van der Waals surface area contributed by atoms with Gasteiger partial charge in [0.2, 0.25) is 0 Å². The molecular weight excluding hydrogens is 330 g/mol. The lowest BCUT2D eigenvalue weighted by molar-refractivity contribution is 0.0403.